The van der Waals surface area contributed by atoms with Crippen LogP contribution in [0, 0.1) is 30.4 Å². The maximum Gasteiger partial charge on any atom is 0.275 e. The summed E-state index contributed by atoms with van der Waals surface area (Å²) in [6.45, 7) is 3.56. The van der Waals surface area contributed by atoms with Crippen molar-refractivity contribution in [3.8, 4) is 5.75 Å². The van der Waals surface area contributed by atoms with Crippen molar-refractivity contribution in [2.75, 3.05) is 0 Å². The van der Waals surface area contributed by atoms with Gasteiger partial charge in [-0.2, -0.15) is 0 Å². The van der Waals surface area contributed by atoms with Gasteiger partial charge in [-0.15, -0.1) is 0 Å². The smallest absolute Gasteiger partial charge is 0.275 e. The molecular weight excluding hydrogens is 420 g/mol. The standard InChI is InChI=1S/C23H23F2N3O4/c1-10-3-15(24)13(16(25)4-10)7-26-22(31)14-8-27-9-18-12-5-11(2)17(6-12)28(18)23(32)19(27)21(30)20(14)29/h3-4,8,11-12,17-18,30H,5-7,9H2,1-2H3,(H,26,31)/t11-,12+,17+,18+/m0/s1. The Morgan fingerprint density at radius 2 is 1.88 bits per heavy atom. The molecule has 2 aliphatic heterocycles. The van der Waals surface area contributed by atoms with Crippen LogP contribution in [0.1, 0.15) is 51.7 Å². The van der Waals surface area contributed by atoms with Gasteiger partial charge in [0.05, 0.1) is 6.04 Å². The van der Waals surface area contributed by atoms with E-state index in [-0.39, 0.29) is 28.9 Å². The molecule has 2 fully saturated rings. The van der Waals surface area contributed by atoms with Crippen LogP contribution in [0.4, 0.5) is 8.78 Å². The lowest BCUT2D eigenvalue weighted by Crippen LogP contribution is -2.54. The van der Waals surface area contributed by atoms with E-state index in [2.05, 4.69) is 12.2 Å². The van der Waals surface area contributed by atoms with Crippen molar-refractivity contribution in [1.82, 2.24) is 14.8 Å². The minimum Gasteiger partial charge on any atom is -0.503 e. The number of hydrogen-bond donors (Lipinski definition) is 2. The van der Waals surface area contributed by atoms with Crippen molar-refractivity contribution < 1.29 is 23.5 Å². The molecule has 1 aromatic carbocycles. The first-order chi connectivity index (χ1) is 15.2. The molecule has 2 bridgehead atoms. The number of aryl methyl sites for hydroxylation is 1. The Hall–Kier alpha value is -3.23. The number of hydrogen-bond acceptors (Lipinski definition) is 4. The maximum atomic E-state index is 14.1. The van der Waals surface area contributed by atoms with Crippen molar-refractivity contribution in [2.24, 2.45) is 11.8 Å². The Bertz CT molecular complexity index is 1200. The van der Waals surface area contributed by atoms with Gasteiger partial charge in [0.1, 0.15) is 17.2 Å². The van der Waals surface area contributed by atoms with Gasteiger partial charge in [0.25, 0.3) is 11.8 Å². The summed E-state index contributed by atoms with van der Waals surface area (Å²) in [5.74, 6) is -2.94. The summed E-state index contributed by atoms with van der Waals surface area (Å²) in [4.78, 5) is 40.3. The van der Waals surface area contributed by atoms with Gasteiger partial charge in [-0.1, -0.05) is 6.92 Å². The van der Waals surface area contributed by atoms with Crippen LogP contribution in [0.15, 0.2) is 23.1 Å². The number of piperidine rings is 1. The summed E-state index contributed by atoms with van der Waals surface area (Å²) >= 11 is 0. The van der Waals surface area contributed by atoms with Gasteiger partial charge >= 0.3 is 0 Å². The highest BCUT2D eigenvalue weighted by Crippen LogP contribution is 2.48. The summed E-state index contributed by atoms with van der Waals surface area (Å²) in [5.41, 5.74) is -1.40. The van der Waals surface area contributed by atoms with Gasteiger partial charge in [-0.05, 0) is 49.3 Å². The highest BCUT2D eigenvalue weighted by molar-refractivity contribution is 5.99. The molecular formula is C23H23F2N3O4. The zero-order chi connectivity index (χ0) is 22.9. The van der Waals surface area contributed by atoms with Gasteiger partial charge in [0.15, 0.2) is 11.4 Å². The highest BCUT2D eigenvalue weighted by atomic mass is 19.1. The third kappa shape index (κ3) is 2.94. The van der Waals surface area contributed by atoms with E-state index < -0.39 is 41.2 Å². The predicted octanol–water partition coefficient (Wildman–Crippen LogP) is 2.32. The first-order valence-electron chi connectivity index (χ1n) is 10.7. The Morgan fingerprint density at radius 1 is 1.19 bits per heavy atom. The summed E-state index contributed by atoms with van der Waals surface area (Å²) in [6, 6.07) is 2.36. The molecule has 1 saturated heterocycles. The van der Waals surface area contributed by atoms with E-state index in [0.717, 1.165) is 25.0 Å². The second-order valence-corrected chi connectivity index (χ2v) is 9.17. The minimum atomic E-state index is -0.984. The third-order valence-electron chi connectivity index (χ3n) is 7.17. The number of aromatic hydroxyl groups is 1. The number of benzene rings is 1. The number of rotatable bonds is 3. The lowest BCUT2D eigenvalue weighted by Gasteiger charge is -2.42. The Kier molecular flexibility index (Phi) is 4.61. The summed E-state index contributed by atoms with van der Waals surface area (Å²) in [6.07, 6.45) is 3.18. The Labute approximate surface area is 182 Å². The zero-order valence-corrected chi connectivity index (χ0v) is 17.7. The second-order valence-electron chi connectivity index (χ2n) is 9.17. The molecule has 32 heavy (non-hydrogen) atoms. The first kappa shape index (κ1) is 20.7. The molecule has 0 radical (unpaired) electrons. The van der Waals surface area contributed by atoms with Gasteiger partial charge < -0.3 is 19.9 Å². The normalized spacial score (nSPS) is 25.6. The zero-order valence-electron chi connectivity index (χ0n) is 17.7. The van der Waals surface area contributed by atoms with Crippen molar-refractivity contribution in [2.45, 2.75) is 51.9 Å². The van der Waals surface area contributed by atoms with E-state index >= 15 is 0 Å². The number of nitrogens with zero attached hydrogens (tertiary/aromatic N) is 2. The largest absolute Gasteiger partial charge is 0.503 e. The number of amides is 2. The molecule has 2 amide bonds. The van der Waals surface area contributed by atoms with Crippen LogP contribution in [-0.4, -0.2) is 38.5 Å². The number of fused-ring (bicyclic) bond motifs is 6. The highest BCUT2D eigenvalue weighted by Gasteiger charge is 2.54. The van der Waals surface area contributed by atoms with Crippen molar-refractivity contribution >= 4 is 11.8 Å². The van der Waals surface area contributed by atoms with E-state index in [1.54, 1.807) is 11.8 Å². The summed E-state index contributed by atoms with van der Waals surface area (Å²) < 4.78 is 29.6. The van der Waals surface area contributed by atoms with Crippen molar-refractivity contribution in [1.29, 1.82) is 0 Å². The number of carbonyl (C=O) groups is 2. The van der Waals surface area contributed by atoms with Crippen molar-refractivity contribution in [3.05, 3.63) is 62.6 Å². The molecule has 4 atom stereocenters. The summed E-state index contributed by atoms with van der Waals surface area (Å²) in [5, 5.41) is 12.9. The molecule has 1 saturated carbocycles. The maximum absolute atomic E-state index is 14.1. The van der Waals surface area contributed by atoms with Gasteiger partial charge in [0.2, 0.25) is 5.43 Å². The second kappa shape index (κ2) is 7.15. The van der Waals surface area contributed by atoms with Crippen LogP contribution in [0.5, 0.6) is 5.75 Å². The molecule has 0 spiro atoms. The molecule has 2 aromatic rings. The average Bonchev–Trinajstić information content (AvgIpc) is 3.27. The minimum absolute atomic E-state index is 0.0373. The van der Waals surface area contributed by atoms with Crippen LogP contribution in [0.25, 0.3) is 0 Å². The fourth-order valence-corrected chi connectivity index (χ4v) is 5.65. The SMILES string of the molecule is Cc1cc(F)c(CNC(=O)c2cn3c(c(O)c2=O)C(=O)N2[C@H](C3)[C@H]3C[C@@H]2[C@@H](C)C3)c(F)c1. The molecule has 2 N–H and O–H groups in total. The molecule has 0 unspecified atom stereocenters. The number of aromatic nitrogens is 1. The van der Waals surface area contributed by atoms with E-state index in [9.17, 15) is 28.3 Å². The fraction of sp³-hybridized carbons (Fsp3) is 0.435. The number of nitrogens with one attached hydrogen (secondary N) is 1. The number of halogens is 2. The molecule has 3 heterocycles. The quantitative estimate of drug-likeness (QED) is 0.762. The monoisotopic (exact) mass is 443 g/mol. The van der Waals surface area contributed by atoms with Crippen LogP contribution in [-0.2, 0) is 13.1 Å². The molecule has 168 valence electrons. The van der Waals surface area contributed by atoms with Crippen molar-refractivity contribution in [3.63, 3.8) is 0 Å². The molecule has 1 aromatic heterocycles. The topological polar surface area (TPSA) is 91.6 Å². The summed E-state index contributed by atoms with van der Waals surface area (Å²) in [7, 11) is 0. The Morgan fingerprint density at radius 3 is 2.56 bits per heavy atom. The van der Waals surface area contributed by atoms with Gasteiger partial charge in [-0.25, -0.2) is 8.78 Å². The van der Waals surface area contributed by atoms with Gasteiger partial charge in [0, 0.05) is 30.9 Å². The fourth-order valence-electron chi connectivity index (χ4n) is 5.65. The lowest BCUT2D eigenvalue weighted by molar-refractivity contribution is 0.0396. The molecule has 9 heteroatoms. The molecule has 5 rings (SSSR count). The van der Waals surface area contributed by atoms with E-state index in [1.807, 2.05) is 0 Å². The number of pyridine rings is 1. The van der Waals surface area contributed by atoms with Crippen LogP contribution in [0.2, 0.25) is 0 Å². The predicted molar refractivity (Wildman–Crippen MR) is 110 cm³/mol. The molecule has 7 nitrogen and oxygen atoms in total. The average molecular weight is 443 g/mol. The van der Waals surface area contributed by atoms with E-state index in [0.29, 0.717) is 23.9 Å². The van der Waals surface area contributed by atoms with Crippen LogP contribution in [0.3, 0.4) is 0 Å². The van der Waals surface area contributed by atoms with Crippen LogP contribution >= 0.6 is 0 Å². The lowest BCUT2D eigenvalue weighted by atomic mass is 9.91. The third-order valence-corrected chi connectivity index (χ3v) is 7.17. The molecule has 1 aliphatic carbocycles. The Balaban J connectivity index is 1.44. The van der Waals surface area contributed by atoms with Crippen LogP contribution < -0.4 is 10.7 Å². The first-order valence-corrected chi connectivity index (χ1v) is 10.7. The molecule has 3 aliphatic rings. The van der Waals surface area contributed by atoms with E-state index in [4.69, 9.17) is 0 Å². The van der Waals surface area contributed by atoms with E-state index in [1.165, 1.54) is 10.8 Å². The van der Waals surface area contributed by atoms with Gasteiger partial charge in [-0.3, -0.25) is 14.4 Å². The number of carbonyl (C=O) groups excluding carboxylic acids is 2.